The molecule has 2 aromatic heterocycles. The van der Waals surface area contributed by atoms with Crippen molar-refractivity contribution in [2.24, 2.45) is 0 Å². The molecule has 1 aliphatic rings. The number of amides is 1. The summed E-state index contributed by atoms with van der Waals surface area (Å²) in [5.41, 5.74) is 0.741. The van der Waals surface area contributed by atoms with E-state index < -0.39 is 0 Å². The molecule has 3 rings (SSSR count). The van der Waals surface area contributed by atoms with Gasteiger partial charge in [-0.3, -0.25) is 14.5 Å². The minimum Gasteiger partial charge on any atom is -0.335 e. The van der Waals surface area contributed by atoms with Crippen LogP contribution in [0.2, 0.25) is 4.34 Å². The van der Waals surface area contributed by atoms with Crippen LogP contribution in [0.15, 0.2) is 29.1 Å². The predicted octanol–water partition coefficient (Wildman–Crippen LogP) is 2.71. The van der Waals surface area contributed by atoms with Crippen LogP contribution in [-0.4, -0.2) is 58.2 Å². The van der Waals surface area contributed by atoms with Gasteiger partial charge in [0, 0.05) is 44.2 Å². The van der Waals surface area contributed by atoms with E-state index >= 15 is 0 Å². The van der Waals surface area contributed by atoms with Crippen LogP contribution in [0.3, 0.4) is 0 Å². The van der Waals surface area contributed by atoms with Gasteiger partial charge < -0.3 is 4.90 Å². The van der Waals surface area contributed by atoms with Crippen LogP contribution >= 0.6 is 22.9 Å². The maximum atomic E-state index is 12.5. The highest BCUT2D eigenvalue weighted by molar-refractivity contribution is 7.17. The molecule has 1 fully saturated rings. The Morgan fingerprint density at radius 1 is 1.11 bits per heavy atom. The Kier molecular flexibility index (Phi) is 6.03. The minimum atomic E-state index is -0.0911. The van der Waals surface area contributed by atoms with Crippen molar-refractivity contribution in [3.63, 3.8) is 0 Å². The summed E-state index contributed by atoms with van der Waals surface area (Å²) in [7, 11) is 0. The Balaban J connectivity index is 1.54. The molecule has 0 radical (unpaired) electrons. The van der Waals surface area contributed by atoms with Crippen LogP contribution in [0, 0.1) is 0 Å². The third kappa shape index (κ3) is 4.97. The Labute approximate surface area is 168 Å². The van der Waals surface area contributed by atoms with Gasteiger partial charge in [0.05, 0.1) is 21.5 Å². The first-order valence-electron chi connectivity index (χ1n) is 9.10. The molecular formula is C19H25ClN4O2S. The monoisotopic (exact) mass is 408 g/mol. The molecule has 0 spiro atoms. The van der Waals surface area contributed by atoms with E-state index in [1.54, 1.807) is 28.9 Å². The quantitative estimate of drug-likeness (QED) is 0.780. The van der Waals surface area contributed by atoms with Crippen molar-refractivity contribution in [2.75, 3.05) is 32.7 Å². The van der Waals surface area contributed by atoms with Gasteiger partial charge in [-0.25, -0.2) is 4.68 Å². The highest BCUT2D eigenvalue weighted by Gasteiger charge is 2.23. The molecule has 1 aliphatic heterocycles. The fourth-order valence-electron chi connectivity index (χ4n) is 3.00. The molecule has 0 unspecified atom stereocenters. The number of rotatable bonds is 4. The molecule has 1 amide bonds. The second-order valence-corrected chi connectivity index (χ2v) is 9.48. The van der Waals surface area contributed by atoms with Crippen LogP contribution in [0.5, 0.6) is 0 Å². The van der Waals surface area contributed by atoms with Gasteiger partial charge in [0.1, 0.15) is 0 Å². The van der Waals surface area contributed by atoms with E-state index in [9.17, 15) is 9.59 Å². The molecular weight excluding hydrogens is 384 g/mol. The largest absolute Gasteiger partial charge is 0.335 e. The Morgan fingerprint density at radius 2 is 1.81 bits per heavy atom. The Morgan fingerprint density at radius 3 is 2.41 bits per heavy atom. The number of carbonyl (C=O) groups excluding carboxylic acids is 1. The summed E-state index contributed by atoms with van der Waals surface area (Å²) in [6.07, 6.45) is 0. The van der Waals surface area contributed by atoms with E-state index in [4.69, 9.17) is 11.6 Å². The smallest absolute Gasteiger partial charge is 0.266 e. The van der Waals surface area contributed by atoms with Crippen LogP contribution < -0.4 is 5.56 Å². The number of hydrogen-bond acceptors (Lipinski definition) is 5. The maximum absolute atomic E-state index is 12.5. The molecule has 3 heterocycles. The van der Waals surface area contributed by atoms with Crippen molar-refractivity contribution in [1.82, 2.24) is 19.6 Å². The Bertz CT molecular complexity index is 863. The maximum Gasteiger partial charge on any atom is 0.266 e. The van der Waals surface area contributed by atoms with Crippen molar-refractivity contribution in [3.05, 3.63) is 49.5 Å². The number of hydrogen-bond donors (Lipinski definition) is 0. The van der Waals surface area contributed by atoms with E-state index in [2.05, 4.69) is 30.8 Å². The van der Waals surface area contributed by atoms with Gasteiger partial charge in [-0.05, 0) is 18.2 Å². The van der Waals surface area contributed by atoms with Crippen molar-refractivity contribution in [2.45, 2.75) is 32.7 Å². The van der Waals surface area contributed by atoms with Crippen LogP contribution in [0.1, 0.15) is 36.1 Å². The second kappa shape index (κ2) is 8.12. The summed E-state index contributed by atoms with van der Waals surface area (Å²) in [5.74, 6) is 0.0438. The fraction of sp³-hybridized carbons (Fsp3) is 0.526. The first-order valence-corrected chi connectivity index (χ1v) is 10.3. The van der Waals surface area contributed by atoms with E-state index in [0.717, 1.165) is 25.3 Å². The molecule has 1 saturated heterocycles. The van der Waals surface area contributed by atoms with Gasteiger partial charge in [-0.15, -0.1) is 11.3 Å². The van der Waals surface area contributed by atoms with Gasteiger partial charge in [-0.2, -0.15) is 5.10 Å². The zero-order valence-electron chi connectivity index (χ0n) is 15.9. The topological polar surface area (TPSA) is 58.4 Å². The van der Waals surface area contributed by atoms with E-state index in [1.807, 2.05) is 4.90 Å². The number of aromatic nitrogens is 2. The zero-order valence-corrected chi connectivity index (χ0v) is 17.5. The van der Waals surface area contributed by atoms with Gasteiger partial charge in [0.2, 0.25) is 0 Å². The van der Waals surface area contributed by atoms with Crippen molar-refractivity contribution < 1.29 is 4.79 Å². The number of nitrogens with zero attached hydrogens (tertiary/aromatic N) is 4. The third-order valence-electron chi connectivity index (χ3n) is 4.71. The fourth-order valence-corrected chi connectivity index (χ4v) is 4.02. The summed E-state index contributed by atoms with van der Waals surface area (Å²) in [6, 6.07) is 6.94. The lowest BCUT2D eigenvalue weighted by molar-refractivity contribution is 0.0636. The van der Waals surface area contributed by atoms with Crippen LogP contribution in [-0.2, 0) is 12.0 Å². The van der Waals surface area contributed by atoms with Gasteiger partial charge in [-0.1, -0.05) is 32.4 Å². The summed E-state index contributed by atoms with van der Waals surface area (Å²) < 4.78 is 2.18. The predicted molar refractivity (Wildman–Crippen MR) is 109 cm³/mol. The number of carbonyl (C=O) groups is 1. The highest BCUT2D eigenvalue weighted by Crippen LogP contribution is 2.23. The van der Waals surface area contributed by atoms with Crippen molar-refractivity contribution >= 4 is 28.8 Å². The molecule has 0 aliphatic carbocycles. The second-order valence-electron chi connectivity index (χ2n) is 7.77. The number of piperazine rings is 1. The minimum absolute atomic E-state index is 0.0438. The molecule has 2 aromatic rings. The zero-order chi connectivity index (χ0) is 19.6. The lowest BCUT2D eigenvalue weighted by atomic mass is 9.92. The number of halogens is 1. The third-order valence-corrected chi connectivity index (χ3v) is 5.93. The molecule has 0 saturated carbocycles. The van der Waals surface area contributed by atoms with Crippen molar-refractivity contribution in [3.8, 4) is 0 Å². The molecule has 0 atom stereocenters. The standard InChI is InChI=1S/C19H25ClN4O2S/c1-19(2,3)15-5-7-17(25)24(21-15)13-10-22-8-11-23(12-9-22)18(26)14-4-6-16(20)27-14/h4-7H,8-13H2,1-3H3. The van der Waals surface area contributed by atoms with Crippen molar-refractivity contribution in [1.29, 1.82) is 0 Å². The van der Waals surface area contributed by atoms with Gasteiger partial charge in [0.25, 0.3) is 11.5 Å². The van der Waals surface area contributed by atoms with E-state index in [0.29, 0.717) is 28.8 Å². The molecule has 0 bridgehead atoms. The molecule has 0 N–H and O–H groups in total. The SMILES string of the molecule is CC(C)(C)c1ccc(=O)n(CCN2CCN(C(=O)c3ccc(Cl)s3)CC2)n1. The first kappa shape index (κ1) is 20.0. The summed E-state index contributed by atoms with van der Waals surface area (Å²) in [4.78, 5) is 29.4. The average Bonchev–Trinajstić information content (AvgIpc) is 3.06. The first-order chi connectivity index (χ1) is 12.7. The summed E-state index contributed by atoms with van der Waals surface area (Å²) >= 11 is 7.24. The molecule has 146 valence electrons. The van der Waals surface area contributed by atoms with Gasteiger partial charge in [0.15, 0.2) is 0 Å². The van der Waals surface area contributed by atoms with E-state index in [-0.39, 0.29) is 16.9 Å². The molecule has 27 heavy (non-hydrogen) atoms. The van der Waals surface area contributed by atoms with E-state index in [1.165, 1.54) is 11.3 Å². The normalized spacial score (nSPS) is 15.9. The lowest BCUT2D eigenvalue weighted by Crippen LogP contribution is -2.49. The van der Waals surface area contributed by atoms with Crippen LogP contribution in [0.25, 0.3) is 0 Å². The van der Waals surface area contributed by atoms with Crippen LogP contribution in [0.4, 0.5) is 0 Å². The average molecular weight is 409 g/mol. The molecule has 6 nitrogen and oxygen atoms in total. The van der Waals surface area contributed by atoms with Gasteiger partial charge >= 0.3 is 0 Å². The summed E-state index contributed by atoms with van der Waals surface area (Å²) in [5, 5.41) is 4.51. The lowest BCUT2D eigenvalue weighted by Gasteiger charge is -2.34. The summed E-state index contributed by atoms with van der Waals surface area (Å²) in [6.45, 7) is 10.5. The Hall–Kier alpha value is -1.70. The number of thiophene rings is 1. The molecule has 8 heteroatoms. The highest BCUT2D eigenvalue weighted by atomic mass is 35.5. The molecule has 0 aromatic carbocycles.